The summed E-state index contributed by atoms with van der Waals surface area (Å²) in [4.78, 5) is 38.6. The van der Waals surface area contributed by atoms with Crippen molar-refractivity contribution < 1.29 is 33.7 Å². The van der Waals surface area contributed by atoms with Crippen LogP contribution in [0.1, 0.15) is 23.5 Å². The van der Waals surface area contributed by atoms with Gasteiger partial charge in [-0.3, -0.25) is 4.79 Å². The first-order valence-corrected chi connectivity index (χ1v) is 11.1. The Morgan fingerprint density at radius 1 is 1.06 bits per heavy atom. The Morgan fingerprint density at radius 2 is 1.68 bits per heavy atom. The number of methoxy groups -OCH3 is 2. The lowest BCUT2D eigenvalue weighted by atomic mass is 9.98. The van der Waals surface area contributed by atoms with Gasteiger partial charge in [-0.15, -0.1) is 0 Å². The molecule has 9 nitrogen and oxygen atoms in total. The number of likely N-dealkylation sites (tertiary alicyclic amines) is 1. The van der Waals surface area contributed by atoms with Gasteiger partial charge in [0, 0.05) is 33.1 Å². The molecule has 2 unspecified atom stereocenters. The molecule has 2 aliphatic rings. The van der Waals surface area contributed by atoms with Crippen molar-refractivity contribution >= 4 is 18.0 Å². The van der Waals surface area contributed by atoms with E-state index in [0.29, 0.717) is 0 Å². The molecule has 34 heavy (non-hydrogen) atoms. The van der Waals surface area contributed by atoms with E-state index < -0.39 is 30.1 Å². The summed E-state index contributed by atoms with van der Waals surface area (Å²) in [5.41, 5.74) is 4.38. The highest BCUT2D eigenvalue weighted by atomic mass is 16.5. The Kier molecular flexibility index (Phi) is 7.14. The first-order chi connectivity index (χ1) is 16.4. The molecule has 0 aromatic heterocycles. The molecule has 3 atom stereocenters. The number of alkyl carbamates (subject to hydrolysis) is 1. The van der Waals surface area contributed by atoms with Gasteiger partial charge in [0.25, 0.3) is 0 Å². The third-order valence-corrected chi connectivity index (χ3v) is 6.43. The van der Waals surface area contributed by atoms with E-state index >= 15 is 0 Å². The van der Waals surface area contributed by atoms with Crippen molar-refractivity contribution in [3.8, 4) is 11.1 Å². The van der Waals surface area contributed by atoms with E-state index in [1.54, 1.807) is 0 Å². The van der Waals surface area contributed by atoms with Crippen LogP contribution in [0.25, 0.3) is 11.1 Å². The van der Waals surface area contributed by atoms with Gasteiger partial charge in [0.05, 0.1) is 12.7 Å². The number of benzene rings is 2. The van der Waals surface area contributed by atoms with Crippen LogP contribution in [0.4, 0.5) is 4.79 Å². The molecule has 1 aliphatic heterocycles. The fraction of sp³-hybridized carbons (Fsp3) is 0.400. The minimum absolute atomic E-state index is 0.0982. The van der Waals surface area contributed by atoms with E-state index in [1.165, 1.54) is 19.1 Å². The van der Waals surface area contributed by atoms with Gasteiger partial charge in [-0.25, -0.2) is 9.59 Å². The van der Waals surface area contributed by atoms with Crippen molar-refractivity contribution in [1.29, 1.82) is 0 Å². The normalized spacial score (nSPS) is 19.9. The first-order valence-electron chi connectivity index (χ1n) is 11.1. The minimum atomic E-state index is -1.12. The Bertz CT molecular complexity index is 1030. The molecule has 4 rings (SSSR count). The van der Waals surface area contributed by atoms with Crippen LogP contribution in [0.15, 0.2) is 48.5 Å². The van der Waals surface area contributed by atoms with Crippen molar-refractivity contribution in [1.82, 2.24) is 10.2 Å². The maximum Gasteiger partial charge on any atom is 0.407 e. The summed E-state index contributed by atoms with van der Waals surface area (Å²) in [5, 5.41) is 12.1. The van der Waals surface area contributed by atoms with E-state index in [1.807, 2.05) is 48.5 Å². The van der Waals surface area contributed by atoms with Crippen molar-refractivity contribution in [2.75, 3.05) is 34.0 Å². The number of carboxylic acid groups (broad SMARTS) is 1. The first kappa shape index (κ1) is 23.7. The Labute approximate surface area is 197 Å². The maximum absolute atomic E-state index is 13.1. The standard InChI is InChI=1S/C25H28N2O7/c1-32-14-21(23(28)27-12-15(33-2)11-22(27)24(29)30)26-25(31)34-13-20-18-9-5-3-7-16(18)17-8-4-6-10-19(17)20/h3-10,15,20-22H,11-14H2,1-2H3,(H,26,31)(H,29,30)/t15?,21-,22?/m0/s1. The summed E-state index contributed by atoms with van der Waals surface area (Å²) in [5.74, 6) is -1.79. The average molecular weight is 469 g/mol. The van der Waals surface area contributed by atoms with Crippen LogP contribution in [-0.4, -0.2) is 80.1 Å². The molecular weight excluding hydrogens is 440 g/mol. The van der Waals surface area contributed by atoms with Gasteiger partial charge in [-0.1, -0.05) is 48.5 Å². The molecule has 0 bridgehead atoms. The van der Waals surface area contributed by atoms with Crippen molar-refractivity contribution in [3.05, 3.63) is 59.7 Å². The molecule has 9 heteroatoms. The van der Waals surface area contributed by atoms with Crippen LogP contribution in [-0.2, 0) is 23.8 Å². The molecule has 1 saturated heterocycles. The number of nitrogens with zero attached hydrogens (tertiary/aromatic N) is 1. The van der Waals surface area contributed by atoms with Gasteiger partial charge in [-0.2, -0.15) is 0 Å². The highest BCUT2D eigenvalue weighted by Crippen LogP contribution is 2.44. The molecule has 0 radical (unpaired) electrons. The van der Waals surface area contributed by atoms with Crippen LogP contribution in [0.5, 0.6) is 0 Å². The molecule has 1 heterocycles. The van der Waals surface area contributed by atoms with Gasteiger partial charge in [0.2, 0.25) is 5.91 Å². The number of ether oxygens (including phenoxy) is 3. The second kappa shape index (κ2) is 10.2. The number of hydrogen-bond acceptors (Lipinski definition) is 6. The predicted molar refractivity (Wildman–Crippen MR) is 122 cm³/mol. The minimum Gasteiger partial charge on any atom is -0.480 e. The summed E-state index contributed by atoms with van der Waals surface area (Å²) in [6.07, 6.45) is -0.975. The molecule has 2 aromatic rings. The third-order valence-electron chi connectivity index (χ3n) is 6.43. The van der Waals surface area contributed by atoms with Gasteiger partial charge in [-0.05, 0) is 22.3 Å². The SMILES string of the molecule is COC[C@H](NC(=O)OCC1c2ccccc2-c2ccccc21)C(=O)N1CC(OC)CC1C(=O)O. The van der Waals surface area contributed by atoms with E-state index in [2.05, 4.69) is 5.32 Å². The fourth-order valence-corrected chi connectivity index (χ4v) is 4.77. The lowest BCUT2D eigenvalue weighted by molar-refractivity contribution is -0.149. The van der Waals surface area contributed by atoms with Crippen LogP contribution in [0.2, 0.25) is 0 Å². The molecule has 2 aromatic carbocycles. The lowest BCUT2D eigenvalue weighted by Crippen LogP contribution is -2.53. The fourth-order valence-electron chi connectivity index (χ4n) is 4.77. The summed E-state index contributed by atoms with van der Waals surface area (Å²) in [6.45, 7) is 0.101. The zero-order chi connectivity index (χ0) is 24.2. The van der Waals surface area contributed by atoms with Gasteiger partial charge >= 0.3 is 12.1 Å². The van der Waals surface area contributed by atoms with E-state index in [-0.39, 0.29) is 38.2 Å². The Hall–Kier alpha value is -3.43. The summed E-state index contributed by atoms with van der Waals surface area (Å²) >= 11 is 0. The van der Waals surface area contributed by atoms with E-state index in [9.17, 15) is 19.5 Å². The summed E-state index contributed by atoms with van der Waals surface area (Å²) in [7, 11) is 2.87. The highest BCUT2D eigenvalue weighted by molar-refractivity contribution is 5.90. The van der Waals surface area contributed by atoms with Gasteiger partial charge < -0.3 is 29.5 Å². The number of carbonyl (C=O) groups excluding carboxylic acids is 2. The average Bonchev–Trinajstić information content (AvgIpc) is 3.42. The number of carbonyl (C=O) groups is 3. The second-order valence-corrected chi connectivity index (χ2v) is 8.42. The number of carboxylic acids is 1. The number of rotatable bonds is 8. The summed E-state index contributed by atoms with van der Waals surface area (Å²) < 4.78 is 15.9. The molecule has 1 aliphatic carbocycles. The molecule has 1 fully saturated rings. The quantitative estimate of drug-likeness (QED) is 0.611. The Balaban J connectivity index is 1.43. The van der Waals surface area contributed by atoms with Gasteiger partial charge in [0.15, 0.2) is 0 Å². The van der Waals surface area contributed by atoms with Crippen LogP contribution < -0.4 is 5.32 Å². The number of hydrogen-bond donors (Lipinski definition) is 2. The van der Waals surface area contributed by atoms with E-state index in [4.69, 9.17) is 14.2 Å². The number of fused-ring (bicyclic) bond motifs is 3. The zero-order valence-electron chi connectivity index (χ0n) is 19.1. The topological polar surface area (TPSA) is 114 Å². The van der Waals surface area contributed by atoms with Crippen LogP contribution in [0, 0.1) is 0 Å². The number of aliphatic carboxylic acids is 1. The molecule has 0 spiro atoms. The van der Waals surface area contributed by atoms with E-state index in [0.717, 1.165) is 22.3 Å². The zero-order valence-corrected chi connectivity index (χ0v) is 19.1. The molecule has 2 N–H and O–H groups in total. The second-order valence-electron chi connectivity index (χ2n) is 8.42. The monoisotopic (exact) mass is 468 g/mol. The molecule has 2 amide bonds. The van der Waals surface area contributed by atoms with Crippen LogP contribution in [0.3, 0.4) is 0 Å². The summed E-state index contributed by atoms with van der Waals surface area (Å²) in [6, 6.07) is 13.9. The Morgan fingerprint density at radius 3 is 2.24 bits per heavy atom. The largest absolute Gasteiger partial charge is 0.480 e. The van der Waals surface area contributed by atoms with Crippen molar-refractivity contribution in [3.63, 3.8) is 0 Å². The van der Waals surface area contributed by atoms with Crippen molar-refractivity contribution in [2.45, 2.75) is 30.5 Å². The third kappa shape index (κ3) is 4.62. The van der Waals surface area contributed by atoms with Crippen LogP contribution >= 0.6 is 0 Å². The predicted octanol–water partition coefficient (Wildman–Crippen LogP) is 2.24. The lowest BCUT2D eigenvalue weighted by Gasteiger charge is -2.26. The molecule has 0 saturated carbocycles. The number of nitrogens with one attached hydrogen (secondary N) is 1. The molecular formula is C25H28N2O7. The van der Waals surface area contributed by atoms with Crippen molar-refractivity contribution in [2.24, 2.45) is 0 Å². The smallest absolute Gasteiger partial charge is 0.407 e. The highest BCUT2D eigenvalue weighted by Gasteiger charge is 2.42. The number of amides is 2. The van der Waals surface area contributed by atoms with Gasteiger partial charge in [0.1, 0.15) is 18.7 Å². The molecule has 180 valence electrons. The maximum atomic E-state index is 13.1.